The number of rotatable bonds is 4. The Morgan fingerprint density at radius 1 is 1.52 bits per heavy atom. The second-order valence-corrected chi connectivity index (χ2v) is 6.49. The molecule has 0 spiro atoms. The van der Waals surface area contributed by atoms with Crippen molar-refractivity contribution in [3.05, 3.63) is 39.8 Å². The molecule has 1 atom stereocenters. The Hall–Kier alpha value is -1.89. The predicted octanol–water partition coefficient (Wildman–Crippen LogP) is 2.67. The van der Waals surface area contributed by atoms with Crippen LogP contribution in [0.15, 0.2) is 27.3 Å². The summed E-state index contributed by atoms with van der Waals surface area (Å²) in [5.74, 6) is 1.35. The van der Waals surface area contributed by atoms with Crippen LogP contribution in [0.3, 0.4) is 0 Å². The normalized spacial score (nSPS) is 17.5. The van der Waals surface area contributed by atoms with Gasteiger partial charge in [-0.25, -0.2) is 4.98 Å². The fourth-order valence-corrected chi connectivity index (χ4v) is 3.03. The zero-order valence-electron chi connectivity index (χ0n) is 13.1. The number of carbonyl (C=O) groups excluding carboxylic acids is 1. The highest BCUT2D eigenvalue weighted by Crippen LogP contribution is 2.25. The molecular formula is C16H18BrN3O3. The molecule has 0 N–H and O–H groups in total. The lowest BCUT2D eigenvalue weighted by Crippen LogP contribution is -2.32. The second kappa shape index (κ2) is 6.70. The zero-order valence-corrected chi connectivity index (χ0v) is 14.7. The van der Waals surface area contributed by atoms with Crippen molar-refractivity contribution >= 4 is 21.8 Å². The highest BCUT2D eigenvalue weighted by Gasteiger charge is 2.29. The van der Waals surface area contributed by atoms with E-state index in [1.54, 1.807) is 6.20 Å². The number of pyridine rings is 1. The topological polar surface area (TPSA) is 68.5 Å². The first-order chi connectivity index (χ1) is 11.0. The summed E-state index contributed by atoms with van der Waals surface area (Å²) in [5.41, 5.74) is 1.66. The first kappa shape index (κ1) is 16.0. The van der Waals surface area contributed by atoms with Gasteiger partial charge in [-0.2, -0.15) is 0 Å². The fourth-order valence-electron chi connectivity index (χ4n) is 2.68. The standard InChI is InChI=1S/C16H18BrN3O3/c1-10-13(11(2)23-19-10)8-15(21)20-7-5-12(9-20)22-16-14(17)4-3-6-18-16/h3-4,6,12H,5,7-9H2,1-2H3. The van der Waals surface area contributed by atoms with E-state index in [9.17, 15) is 4.79 Å². The second-order valence-electron chi connectivity index (χ2n) is 5.64. The van der Waals surface area contributed by atoms with Crippen LogP contribution in [-0.2, 0) is 11.2 Å². The van der Waals surface area contributed by atoms with Gasteiger partial charge in [-0.15, -0.1) is 0 Å². The fraction of sp³-hybridized carbons (Fsp3) is 0.438. The molecule has 122 valence electrons. The number of amides is 1. The Morgan fingerprint density at radius 2 is 2.35 bits per heavy atom. The van der Waals surface area contributed by atoms with Crippen LogP contribution in [0.4, 0.5) is 0 Å². The minimum absolute atomic E-state index is 0.0326. The summed E-state index contributed by atoms with van der Waals surface area (Å²) in [4.78, 5) is 18.5. The van der Waals surface area contributed by atoms with Crippen LogP contribution in [0.5, 0.6) is 5.88 Å². The third-order valence-electron chi connectivity index (χ3n) is 4.01. The molecule has 6 nitrogen and oxygen atoms in total. The number of aromatic nitrogens is 2. The molecule has 1 fully saturated rings. The molecule has 1 aliphatic rings. The van der Waals surface area contributed by atoms with Crippen molar-refractivity contribution < 1.29 is 14.1 Å². The van der Waals surface area contributed by atoms with Crippen LogP contribution in [0.1, 0.15) is 23.4 Å². The number of likely N-dealkylation sites (tertiary alicyclic amines) is 1. The summed E-state index contributed by atoms with van der Waals surface area (Å²) in [7, 11) is 0. The Kier molecular flexibility index (Phi) is 4.66. The summed E-state index contributed by atoms with van der Waals surface area (Å²) < 4.78 is 11.8. The first-order valence-corrected chi connectivity index (χ1v) is 8.30. The smallest absolute Gasteiger partial charge is 0.228 e. The van der Waals surface area contributed by atoms with Gasteiger partial charge in [0.25, 0.3) is 0 Å². The quantitative estimate of drug-likeness (QED) is 0.816. The monoisotopic (exact) mass is 379 g/mol. The van der Waals surface area contributed by atoms with E-state index in [0.717, 1.165) is 22.2 Å². The van der Waals surface area contributed by atoms with Crippen molar-refractivity contribution in [3.8, 4) is 5.88 Å². The number of carbonyl (C=O) groups is 1. The predicted molar refractivity (Wildman–Crippen MR) is 87.2 cm³/mol. The highest BCUT2D eigenvalue weighted by molar-refractivity contribution is 9.10. The van der Waals surface area contributed by atoms with Crippen molar-refractivity contribution in [2.75, 3.05) is 13.1 Å². The first-order valence-electron chi connectivity index (χ1n) is 7.51. The lowest BCUT2D eigenvalue weighted by molar-refractivity contribution is -0.129. The van der Waals surface area contributed by atoms with E-state index in [-0.39, 0.29) is 12.0 Å². The summed E-state index contributed by atoms with van der Waals surface area (Å²) in [6.45, 7) is 4.95. The van der Waals surface area contributed by atoms with Gasteiger partial charge < -0.3 is 14.2 Å². The van der Waals surface area contributed by atoms with E-state index < -0.39 is 0 Å². The molecule has 1 amide bonds. The van der Waals surface area contributed by atoms with Crippen molar-refractivity contribution in [2.45, 2.75) is 32.8 Å². The summed E-state index contributed by atoms with van der Waals surface area (Å²) in [5, 5.41) is 3.89. The van der Waals surface area contributed by atoms with E-state index in [1.807, 2.05) is 30.9 Å². The molecule has 1 saturated heterocycles. The van der Waals surface area contributed by atoms with E-state index in [1.165, 1.54) is 0 Å². The molecule has 3 rings (SSSR count). The van der Waals surface area contributed by atoms with Gasteiger partial charge in [-0.1, -0.05) is 5.16 Å². The number of hydrogen-bond donors (Lipinski definition) is 0. The molecule has 1 unspecified atom stereocenters. The molecule has 0 aromatic carbocycles. The van der Waals surface area contributed by atoms with Crippen LogP contribution in [0, 0.1) is 13.8 Å². The summed E-state index contributed by atoms with van der Waals surface area (Å²) >= 11 is 3.42. The number of aryl methyl sites for hydroxylation is 2. The van der Waals surface area contributed by atoms with Crippen LogP contribution in [0.25, 0.3) is 0 Å². The van der Waals surface area contributed by atoms with Crippen molar-refractivity contribution in [2.24, 2.45) is 0 Å². The number of halogens is 1. The van der Waals surface area contributed by atoms with Gasteiger partial charge in [-0.05, 0) is 41.9 Å². The lowest BCUT2D eigenvalue weighted by Gasteiger charge is -2.17. The van der Waals surface area contributed by atoms with Gasteiger partial charge in [0, 0.05) is 24.7 Å². The molecule has 2 aromatic rings. The Bertz CT molecular complexity index is 697. The van der Waals surface area contributed by atoms with E-state index in [0.29, 0.717) is 31.2 Å². The Balaban J connectivity index is 1.59. The SMILES string of the molecule is Cc1noc(C)c1CC(=O)N1CCC(Oc2ncccc2Br)C1. The maximum absolute atomic E-state index is 12.5. The molecule has 0 saturated carbocycles. The van der Waals surface area contributed by atoms with Gasteiger partial charge in [-0.3, -0.25) is 4.79 Å². The third kappa shape index (κ3) is 3.55. The molecule has 23 heavy (non-hydrogen) atoms. The van der Waals surface area contributed by atoms with Gasteiger partial charge in [0.15, 0.2) is 0 Å². The molecule has 0 aliphatic carbocycles. The van der Waals surface area contributed by atoms with E-state index in [4.69, 9.17) is 9.26 Å². The molecule has 0 bridgehead atoms. The Labute approximate surface area is 142 Å². The van der Waals surface area contributed by atoms with Crippen LogP contribution < -0.4 is 4.74 Å². The minimum Gasteiger partial charge on any atom is -0.472 e. The zero-order chi connectivity index (χ0) is 16.4. The van der Waals surface area contributed by atoms with Gasteiger partial charge in [0.05, 0.1) is 23.1 Å². The lowest BCUT2D eigenvalue weighted by atomic mass is 10.1. The average Bonchev–Trinajstić information content (AvgIpc) is 3.11. The van der Waals surface area contributed by atoms with Crippen LogP contribution >= 0.6 is 15.9 Å². The average molecular weight is 380 g/mol. The number of nitrogens with zero attached hydrogens (tertiary/aromatic N) is 3. The van der Waals surface area contributed by atoms with Crippen molar-refractivity contribution in [3.63, 3.8) is 0 Å². The number of hydrogen-bond acceptors (Lipinski definition) is 5. The van der Waals surface area contributed by atoms with Crippen LogP contribution in [-0.4, -0.2) is 40.1 Å². The third-order valence-corrected chi connectivity index (χ3v) is 4.61. The van der Waals surface area contributed by atoms with Gasteiger partial charge in [0.1, 0.15) is 11.9 Å². The van der Waals surface area contributed by atoms with Gasteiger partial charge in [0.2, 0.25) is 11.8 Å². The maximum Gasteiger partial charge on any atom is 0.228 e. The summed E-state index contributed by atoms with van der Waals surface area (Å²) in [6.07, 6.45) is 2.78. The minimum atomic E-state index is -0.0326. The largest absolute Gasteiger partial charge is 0.472 e. The molecule has 1 aliphatic heterocycles. The van der Waals surface area contributed by atoms with Crippen molar-refractivity contribution in [1.82, 2.24) is 15.0 Å². The highest BCUT2D eigenvalue weighted by atomic mass is 79.9. The molecule has 3 heterocycles. The van der Waals surface area contributed by atoms with Crippen LogP contribution in [0.2, 0.25) is 0 Å². The van der Waals surface area contributed by atoms with Gasteiger partial charge >= 0.3 is 0 Å². The Morgan fingerprint density at radius 3 is 3.04 bits per heavy atom. The molecule has 7 heteroatoms. The maximum atomic E-state index is 12.5. The number of ether oxygens (including phenoxy) is 1. The molecular weight excluding hydrogens is 362 g/mol. The van der Waals surface area contributed by atoms with Crippen molar-refractivity contribution in [1.29, 1.82) is 0 Å². The molecule has 2 aromatic heterocycles. The molecule has 0 radical (unpaired) electrons. The van der Waals surface area contributed by atoms with E-state index in [2.05, 4.69) is 26.1 Å². The van der Waals surface area contributed by atoms with E-state index >= 15 is 0 Å². The summed E-state index contributed by atoms with van der Waals surface area (Å²) in [6, 6.07) is 3.72.